The zero-order chi connectivity index (χ0) is 7.84. The first kappa shape index (κ1) is 9.92. The molecular formula is C9H7BrLiN. The van der Waals surface area contributed by atoms with Gasteiger partial charge in [0.1, 0.15) is 0 Å². The Bertz CT molecular complexity index is 358. The summed E-state index contributed by atoms with van der Waals surface area (Å²) in [6.45, 7) is 0. The molecule has 0 unspecified atom stereocenters. The fourth-order valence-electron chi connectivity index (χ4n) is 1.22. The van der Waals surface area contributed by atoms with E-state index in [9.17, 15) is 0 Å². The second-order valence-electron chi connectivity index (χ2n) is 2.50. The Morgan fingerprint density at radius 1 is 1.33 bits per heavy atom. The van der Waals surface area contributed by atoms with E-state index in [2.05, 4.69) is 34.3 Å². The third-order valence-electron chi connectivity index (χ3n) is 1.77. The smallest absolute Gasteiger partial charge is 0.466 e. The van der Waals surface area contributed by atoms with Crippen molar-refractivity contribution < 1.29 is 18.9 Å². The molecule has 1 aromatic carbocycles. The Balaban J connectivity index is 0.000000720. The number of fused-ring (bicyclic) bond motifs is 1. The maximum absolute atomic E-state index is 3.44. The van der Waals surface area contributed by atoms with Crippen molar-refractivity contribution in [1.29, 1.82) is 0 Å². The van der Waals surface area contributed by atoms with Gasteiger partial charge in [0.2, 0.25) is 0 Å². The second-order valence-corrected chi connectivity index (χ2v) is 3.29. The molecule has 56 valence electrons. The van der Waals surface area contributed by atoms with Crippen LogP contribution in [0, 0.1) is 6.20 Å². The van der Waals surface area contributed by atoms with Crippen LogP contribution in [0.15, 0.2) is 28.7 Å². The minimum absolute atomic E-state index is 0. The Morgan fingerprint density at radius 3 is 2.67 bits per heavy atom. The Kier molecular flexibility index (Phi) is 3.06. The van der Waals surface area contributed by atoms with Crippen molar-refractivity contribution in [3.05, 3.63) is 34.9 Å². The fraction of sp³-hybridized carbons (Fsp3) is 0.111. The van der Waals surface area contributed by atoms with E-state index in [1.165, 1.54) is 10.9 Å². The molecule has 0 radical (unpaired) electrons. The molecule has 1 nitrogen and oxygen atoms in total. The van der Waals surface area contributed by atoms with Crippen molar-refractivity contribution in [3.8, 4) is 0 Å². The number of aryl methyl sites for hydroxylation is 1. The SMILES string of the molecule is Cn1[c-]c(Br)c2ccccc21.[Li+]. The van der Waals surface area contributed by atoms with Gasteiger partial charge in [-0.2, -0.15) is 0 Å². The van der Waals surface area contributed by atoms with E-state index in [4.69, 9.17) is 0 Å². The zero-order valence-corrected chi connectivity index (χ0v) is 8.72. The second kappa shape index (κ2) is 3.70. The summed E-state index contributed by atoms with van der Waals surface area (Å²) in [5.41, 5.74) is 1.21. The van der Waals surface area contributed by atoms with Gasteiger partial charge in [-0.1, -0.05) is 38.7 Å². The predicted molar refractivity (Wildman–Crippen MR) is 49.5 cm³/mol. The molecule has 0 N–H and O–H groups in total. The summed E-state index contributed by atoms with van der Waals surface area (Å²) in [7, 11) is 1.99. The van der Waals surface area contributed by atoms with Crippen LogP contribution in [0.1, 0.15) is 0 Å². The van der Waals surface area contributed by atoms with Gasteiger partial charge in [-0.25, -0.2) is 0 Å². The maximum Gasteiger partial charge on any atom is 1.00 e. The summed E-state index contributed by atoms with van der Waals surface area (Å²) < 4.78 is 3.02. The summed E-state index contributed by atoms with van der Waals surface area (Å²) in [4.78, 5) is 0. The standard InChI is InChI=1S/C9H7BrN.Li/c1-11-6-8(10)7-4-2-3-5-9(7)11;/h2-5H,1H3;/q-1;+1. The van der Waals surface area contributed by atoms with Crippen molar-refractivity contribution in [1.82, 2.24) is 4.57 Å². The Hall–Kier alpha value is -0.163. The van der Waals surface area contributed by atoms with Crippen molar-refractivity contribution in [3.63, 3.8) is 0 Å². The van der Waals surface area contributed by atoms with Crippen LogP contribution in [-0.2, 0) is 7.05 Å². The molecule has 0 aliphatic heterocycles. The third kappa shape index (κ3) is 1.47. The van der Waals surface area contributed by atoms with Gasteiger partial charge in [-0.15, -0.1) is 23.0 Å². The van der Waals surface area contributed by atoms with E-state index in [1.54, 1.807) is 0 Å². The maximum atomic E-state index is 3.44. The molecule has 2 aromatic rings. The van der Waals surface area contributed by atoms with E-state index in [1.807, 2.05) is 23.7 Å². The van der Waals surface area contributed by atoms with Crippen LogP contribution in [0.4, 0.5) is 0 Å². The molecule has 0 saturated carbocycles. The van der Waals surface area contributed by atoms with Gasteiger partial charge in [0.15, 0.2) is 0 Å². The number of rotatable bonds is 0. The quantitative estimate of drug-likeness (QED) is 0.422. The topological polar surface area (TPSA) is 4.93 Å². The molecule has 1 aromatic heterocycles. The summed E-state index contributed by atoms with van der Waals surface area (Å²) in [5.74, 6) is 0. The van der Waals surface area contributed by atoms with Crippen molar-refractivity contribution in [2.24, 2.45) is 7.05 Å². The molecule has 0 fully saturated rings. The minimum atomic E-state index is 0. The van der Waals surface area contributed by atoms with Crippen LogP contribution in [0.25, 0.3) is 10.9 Å². The number of hydrogen-bond acceptors (Lipinski definition) is 0. The molecule has 0 aliphatic rings. The number of hydrogen-bond donors (Lipinski definition) is 0. The molecule has 12 heavy (non-hydrogen) atoms. The summed E-state index contributed by atoms with van der Waals surface area (Å²) in [5, 5.41) is 1.22. The minimum Gasteiger partial charge on any atom is -0.466 e. The largest absolute Gasteiger partial charge is 1.00 e. The van der Waals surface area contributed by atoms with E-state index < -0.39 is 0 Å². The van der Waals surface area contributed by atoms with E-state index in [0.29, 0.717) is 0 Å². The predicted octanol–water partition coefficient (Wildman–Crippen LogP) is -0.255. The monoisotopic (exact) mass is 215 g/mol. The van der Waals surface area contributed by atoms with Crippen LogP contribution in [0.3, 0.4) is 0 Å². The summed E-state index contributed by atoms with van der Waals surface area (Å²) >= 11 is 3.44. The van der Waals surface area contributed by atoms with Crippen molar-refractivity contribution in [2.45, 2.75) is 0 Å². The number of nitrogens with zero attached hydrogens (tertiary/aromatic N) is 1. The number of aromatic nitrogens is 1. The average molecular weight is 216 g/mol. The van der Waals surface area contributed by atoms with Gasteiger partial charge in [-0.3, -0.25) is 0 Å². The van der Waals surface area contributed by atoms with E-state index >= 15 is 0 Å². The van der Waals surface area contributed by atoms with Crippen LogP contribution in [-0.4, -0.2) is 4.57 Å². The number of halogens is 1. The summed E-state index contributed by atoms with van der Waals surface area (Å²) in [6.07, 6.45) is 3.15. The fourth-order valence-corrected chi connectivity index (χ4v) is 1.82. The first-order valence-corrected chi connectivity index (χ1v) is 4.20. The molecule has 3 heteroatoms. The van der Waals surface area contributed by atoms with Gasteiger partial charge in [0.05, 0.1) is 0 Å². The molecule has 0 amide bonds. The van der Waals surface area contributed by atoms with Gasteiger partial charge in [0, 0.05) is 0 Å². The van der Waals surface area contributed by atoms with Gasteiger partial charge in [-0.05, 0) is 7.05 Å². The first-order valence-electron chi connectivity index (χ1n) is 3.41. The third-order valence-corrected chi connectivity index (χ3v) is 2.37. The van der Waals surface area contributed by atoms with Crippen molar-refractivity contribution in [2.75, 3.05) is 0 Å². The number of benzene rings is 1. The van der Waals surface area contributed by atoms with Gasteiger partial charge in [0.25, 0.3) is 0 Å². The van der Waals surface area contributed by atoms with Crippen LogP contribution < -0.4 is 18.9 Å². The van der Waals surface area contributed by atoms with Crippen LogP contribution in [0.2, 0.25) is 0 Å². The molecule has 0 bridgehead atoms. The average Bonchev–Trinajstić information content (AvgIpc) is 2.30. The normalized spacial score (nSPS) is 9.83. The van der Waals surface area contributed by atoms with E-state index in [-0.39, 0.29) is 18.9 Å². The van der Waals surface area contributed by atoms with Gasteiger partial charge >= 0.3 is 18.9 Å². The molecule has 0 atom stereocenters. The van der Waals surface area contributed by atoms with Crippen LogP contribution in [0.5, 0.6) is 0 Å². The van der Waals surface area contributed by atoms with Crippen molar-refractivity contribution >= 4 is 26.8 Å². The molecule has 0 saturated heterocycles. The molecule has 0 aliphatic carbocycles. The van der Waals surface area contributed by atoms with Crippen LogP contribution >= 0.6 is 15.9 Å². The Labute approximate surface area is 92.1 Å². The zero-order valence-electron chi connectivity index (χ0n) is 7.13. The molecule has 0 spiro atoms. The Morgan fingerprint density at radius 2 is 2.00 bits per heavy atom. The summed E-state index contributed by atoms with van der Waals surface area (Å²) in [6, 6.07) is 8.22. The van der Waals surface area contributed by atoms with Gasteiger partial charge < -0.3 is 4.57 Å². The first-order chi connectivity index (χ1) is 5.29. The molecule has 2 rings (SSSR count). The van der Waals surface area contributed by atoms with E-state index in [0.717, 1.165) is 4.47 Å². The number of para-hydroxylation sites is 1. The molecular weight excluding hydrogens is 209 g/mol. The molecule has 1 heterocycles.